The van der Waals surface area contributed by atoms with Crippen LogP contribution in [0.5, 0.6) is 0 Å². The number of rotatable bonds is 6. The lowest BCUT2D eigenvalue weighted by Gasteiger charge is -2.29. The van der Waals surface area contributed by atoms with Gasteiger partial charge < -0.3 is 19.5 Å². The summed E-state index contributed by atoms with van der Waals surface area (Å²) in [6.07, 6.45) is 1.64. The number of fused-ring (bicyclic) bond motifs is 1. The minimum absolute atomic E-state index is 0.0663. The molecule has 2 aromatic carbocycles. The number of methoxy groups -OCH3 is 1. The van der Waals surface area contributed by atoms with Gasteiger partial charge in [0, 0.05) is 29.7 Å². The van der Waals surface area contributed by atoms with Crippen LogP contribution in [0.4, 0.5) is 10.1 Å². The van der Waals surface area contributed by atoms with E-state index in [1.54, 1.807) is 13.0 Å². The predicted octanol–water partition coefficient (Wildman–Crippen LogP) is 3.91. The Balaban J connectivity index is 1.72. The molecule has 4 rings (SSSR count). The molecule has 1 aromatic heterocycles. The third kappa shape index (κ3) is 4.95. The molecule has 0 radical (unpaired) electrons. The SMILES string of the molecule is C=N/C(=N\C=C(/C)OC)C(O)c1ccc(F)c(-c2ncnc3cc(N4CCOCC4)ccc23)c1. The van der Waals surface area contributed by atoms with Crippen LogP contribution in [-0.4, -0.2) is 61.0 Å². The number of amidine groups is 1. The summed E-state index contributed by atoms with van der Waals surface area (Å²) < 4.78 is 25.4. The summed E-state index contributed by atoms with van der Waals surface area (Å²) in [5, 5.41) is 11.5. The molecule has 0 bridgehead atoms. The molecule has 1 atom stereocenters. The maximum Gasteiger partial charge on any atom is 0.160 e. The van der Waals surface area contributed by atoms with Gasteiger partial charge in [-0.15, -0.1) is 0 Å². The molecule has 1 saturated heterocycles. The fourth-order valence-corrected chi connectivity index (χ4v) is 3.73. The number of morpholine rings is 1. The first kappa shape index (κ1) is 23.5. The highest BCUT2D eigenvalue weighted by Crippen LogP contribution is 2.32. The Morgan fingerprint density at radius 1 is 1.24 bits per heavy atom. The Morgan fingerprint density at radius 3 is 2.76 bits per heavy atom. The minimum Gasteiger partial charge on any atom is -0.500 e. The first-order valence-corrected chi connectivity index (χ1v) is 10.8. The minimum atomic E-state index is -1.21. The number of anilines is 1. The molecule has 1 aliphatic rings. The van der Waals surface area contributed by atoms with Gasteiger partial charge in [-0.25, -0.2) is 24.3 Å². The van der Waals surface area contributed by atoms with Crippen molar-refractivity contribution in [2.24, 2.45) is 9.98 Å². The van der Waals surface area contributed by atoms with Crippen LogP contribution in [0, 0.1) is 5.82 Å². The zero-order valence-corrected chi connectivity index (χ0v) is 19.1. The number of hydrogen-bond acceptors (Lipinski definition) is 7. The fraction of sp³-hybridized carbons (Fsp3) is 0.280. The Hall–Kier alpha value is -3.69. The number of allylic oxidation sites excluding steroid dienone is 1. The second-order valence-corrected chi connectivity index (χ2v) is 7.75. The van der Waals surface area contributed by atoms with Gasteiger partial charge in [0.1, 0.15) is 24.0 Å². The van der Waals surface area contributed by atoms with Crippen molar-refractivity contribution >= 4 is 29.1 Å². The van der Waals surface area contributed by atoms with Crippen molar-refractivity contribution in [3.05, 3.63) is 66.1 Å². The molecule has 9 heteroatoms. The van der Waals surface area contributed by atoms with Crippen LogP contribution in [0.15, 0.2) is 64.7 Å². The van der Waals surface area contributed by atoms with Crippen molar-refractivity contribution < 1.29 is 19.0 Å². The van der Waals surface area contributed by atoms with Crippen LogP contribution in [0.3, 0.4) is 0 Å². The van der Waals surface area contributed by atoms with E-state index in [1.807, 2.05) is 18.2 Å². The Morgan fingerprint density at radius 2 is 2.03 bits per heavy atom. The van der Waals surface area contributed by atoms with E-state index in [-0.39, 0.29) is 11.4 Å². The van der Waals surface area contributed by atoms with Gasteiger partial charge in [-0.2, -0.15) is 0 Å². The molecule has 1 unspecified atom stereocenters. The van der Waals surface area contributed by atoms with Gasteiger partial charge in [-0.3, -0.25) is 0 Å². The van der Waals surface area contributed by atoms with E-state index in [2.05, 4.69) is 31.6 Å². The third-order valence-corrected chi connectivity index (χ3v) is 5.66. The summed E-state index contributed by atoms with van der Waals surface area (Å²) in [5.74, 6) is 0.141. The van der Waals surface area contributed by atoms with E-state index < -0.39 is 11.9 Å². The number of aliphatic imine (C=N–C) groups is 2. The lowest BCUT2D eigenvalue weighted by molar-refractivity contribution is 0.122. The monoisotopic (exact) mass is 463 g/mol. The van der Waals surface area contributed by atoms with Gasteiger partial charge in [0.2, 0.25) is 0 Å². The molecule has 1 aliphatic heterocycles. The number of hydrogen-bond donors (Lipinski definition) is 1. The molecule has 0 amide bonds. The second kappa shape index (κ2) is 10.5. The maximum atomic E-state index is 14.9. The molecule has 0 aliphatic carbocycles. The molecule has 3 aromatic rings. The highest BCUT2D eigenvalue weighted by Gasteiger charge is 2.19. The lowest BCUT2D eigenvalue weighted by atomic mass is 10.00. The molecular formula is C25H26FN5O3. The largest absolute Gasteiger partial charge is 0.500 e. The summed E-state index contributed by atoms with van der Waals surface area (Å²) in [6.45, 7) is 8.17. The topological polar surface area (TPSA) is 92.4 Å². The van der Waals surface area contributed by atoms with E-state index in [9.17, 15) is 9.50 Å². The van der Waals surface area contributed by atoms with Crippen molar-refractivity contribution in [1.29, 1.82) is 0 Å². The van der Waals surface area contributed by atoms with Crippen molar-refractivity contribution in [2.45, 2.75) is 13.0 Å². The summed E-state index contributed by atoms with van der Waals surface area (Å²) >= 11 is 0. The number of nitrogens with zero attached hydrogens (tertiary/aromatic N) is 5. The number of aromatic nitrogens is 2. The summed E-state index contributed by atoms with van der Waals surface area (Å²) in [5.41, 5.74) is 2.82. The van der Waals surface area contributed by atoms with Gasteiger partial charge in [0.05, 0.1) is 37.7 Å². The smallest absolute Gasteiger partial charge is 0.160 e. The highest BCUT2D eigenvalue weighted by molar-refractivity contribution is 5.95. The Bertz CT molecular complexity index is 1250. The number of aliphatic hydroxyl groups excluding tert-OH is 1. The van der Waals surface area contributed by atoms with E-state index in [4.69, 9.17) is 9.47 Å². The Labute approximate surface area is 197 Å². The van der Waals surface area contributed by atoms with Gasteiger partial charge in [0.25, 0.3) is 0 Å². The lowest BCUT2D eigenvalue weighted by Crippen LogP contribution is -2.36. The highest BCUT2D eigenvalue weighted by atomic mass is 19.1. The van der Waals surface area contributed by atoms with Crippen LogP contribution in [0.2, 0.25) is 0 Å². The fourth-order valence-electron chi connectivity index (χ4n) is 3.73. The molecule has 8 nitrogen and oxygen atoms in total. The van der Waals surface area contributed by atoms with Crippen molar-refractivity contribution in [3.8, 4) is 11.3 Å². The van der Waals surface area contributed by atoms with Crippen LogP contribution in [0.1, 0.15) is 18.6 Å². The average molecular weight is 464 g/mol. The van der Waals surface area contributed by atoms with Gasteiger partial charge in [-0.05, 0) is 49.5 Å². The number of halogens is 1. The first-order chi connectivity index (χ1) is 16.5. The molecule has 1 N–H and O–H groups in total. The van der Waals surface area contributed by atoms with Crippen LogP contribution in [-0.2, 0) is 9.47 Å². The third-order valence-electron chi connectivity index (χ3n) is 5.66. The van der Waals surface area contributed by atoms with Crippen LogP contribution in [0.25, 0.3) is 22.2 Å². The number of ether oxygens (including phenoxy) is 2. The zero-order valence-electron chi connectivity index (χ0n) is 19.1. The molecular weight excluding hydrogens is 437 g/mol. The molecule has 1 fully saturated rings. The van der Waals surface area contributed by atoms with E-state index in [1.165, 1.54) is 31.8 Å². The van der Waals surface area contributed by atoms with E-state index in [0.717, 1.165) is 18.8 Å². The molecule has 176 valence electrons. The average Bonchev–Trinajstić information content (AvgIpc) is 2.89. The zero-order chi connectivity index (χ0) is 24.1. The molecule has 0 spiro atoms. The normalized spacial score (nSPS) is 15.9. The molecule has 2 heterocycles. The number of benzene rings is 2. The number of aliphatic hydroxyl groups is 1. The summed E-state index contributed by atoms with van der Waals surface area (Å²) in [6, 6.07) is 10.2. The van der Waals surface area contributed by atoms with Crippen molar-refractivity contribution in [2.75, 3.05) is 38.3 Å². The maximum absolute atomic E-state index is 14.9. The Kier molecular flexibility index (Phi) is 7.24. The van der Waals surface area contributed by atoms with E-state index >= 15 is 0 Å². The van der Waals surface area contributed by atoms with Crippen molar-refractivity contribution in [1.82, 2.24) is 9.97 Å². The van der Waals surface area contributed by atoms with Gasteiger partial charge in [-0.1, -0.05) is 6.07 Å². The predicted molar refractivity (Wildman–Crippen MR) is 131 cm³/mol. The van der Waals surface area contributed by atoms with Crippen molar-refractivity contribution in [3.63, 3.8) is 0 Å². The molecule has 34 heavy (non-hydrogen) atoms. The molecule has 0 saturated carbocycles. The van der Waals surface area contributed by atoms with Crippen LogP contribution < -0.4 is 4.90 Å². The standard InChI is InChI=1S/C25H26FN5O3/c1-16(33-3)14-28-25(27-2)24(32)17-4-7-21(26)20(12-17)23-19-6-5-18(13-22(19)29-15-30-23)31-8-10-34-11-9-31/h4-7,12-15,24,32H,2,8-11H2,1,3H3/b16-14+,28-25-. The summed E-state index contributed by atoms with van der Waals surface area (Å²) in [7, 11) is 1.51. The quantitative estimate of drug-likeness (QED) is 0.339. The van der Waals surface area contributed by atoms with Gasteiger partial charge in [0.15, 0.2) is 5.84 Å². The van der Waals surface area contributed by atoms with Gasteiger partial charge >= 0.3 is 0 Å². The van der Waals surface area contributed by atoms with Crippen LogP contribution >= 0.6 is 0 Å². The summed E-state index contributed by atoms with van der Waals surface area (Å²) in [4.78, 5) is 18.9. The first-order valence-electron chi connectivity index (χ1n) is 10.8. The van der Waals surface area contributed by atoms with E-state index in [0.29, 0.717) is 41.1 Å². The second-order valence-electron chi connectivity index (χ2n) is 7.75.